The summed E-state index contributed by atoms with van der Waals surface area (Å²) in [5.74, 6) is 0.946. The van der Waals surface area contributed by atoms with Crippen LogP contribution in [0.15, 0.2) is 24.3 Å². The molecule has 2 saturated carbocycles. The van der Waals surface area contributed by atoms with Gasteiger partial charge in [-0.2, -0.15) is 8.78 Å². The molecule has 4 unspecified atom stereocenters. The molecule has 2 bridgehead atoms. The predicted octanol–water partition coefficient (Wildman–Crippen LogP) is 2.70. The van der Waals surface area contributed by atoms with Crippen molar-refractivity contribution < 1.29 is 18.3 Å². The van der Waals surface area contributed by atoms with Gasteiger partial charge in [0.2, 0.25) is 5.91 Å². The van der Waals surface area contributed by atoms with E-state index in [-0.39, 0.29) is 36.0 Å². The summed E-state index contributed by atoms with van der Waals surface area (Å²) in [5.41, 5.74) is 6.99. The minimum Gasteiger partial charge on any atom is -0.435 e. The molecule has 128 valence electrons. The van der Waals surface area contributed by atoms with Crippen LogP contribution in [0.4, 0.5) is 8.78 Å². The van der Waals surface area contributed by atoms with Crippen LogP contribution < -0.4 is 15.8 Å². The van der Waals surface area contributed by atoms with Crippen LogP contribution in [0.5, 0.6) is 5.75 Å². The first-order chi connectivity index (χ1) is 10.5. The molecule has 0 heterocycles. The van der Waals surface area contributed by atoms with Crippen LogP contribution in [0.3, 0.4) is 0 Å². The summed E-state index contributed by atoms with van der Waals surface area (Å²) in [6, 6.07) is 6.24. The van der Waals surface area contributed by atoms with E-state index < -0.39 is 6.61 Å². The monoisotopic (exact) mass is 346 g/mol. The van der Waals surface area contributed by atoms with Crippen LogP contribution in [0.2, 0.25) is 0 Å². The zero-order chi connectivity index (χ0) is 15.7. The molecule has 0 aliphatic heterocycles. The molecule has 2 aliphatic rings. The number of ether oxygens (including phenoxy) is 1. The number of nitrogens with one attached hydrogen (secondary N) is 1. The van der Waals surface area contributed by atoms with E-state index in [1.165, 1.54) is 12.1 Å². The molecule has 2 fully saturated rings. The van der Waals surface area contributed by atoms with Gasteiger partial charge < -0.3 is 15.8 Å². The summed E-state index contributed by atoms with van der Waals surface area (Å²) in [7, 11) is 0. The topological polar surface area (TPSA) is 64.4 Å². The Morgan fingerprint density at radius 3 is 2.48 bits per heavy atom. The van der Waals surface area contributed by atoms with Crippen molar-refractivity contribution in [2.75, 3.05) is 0 Å². The van der Waals surface area contributed by atoms with Crippen molar-refractivity contribution in [2.45, 2.75) is 38.5 Å². The van der Waals surface area contributed by atoms with Crippen LogP contribution >= 0.6 is 12.4 Å². The minimum absolute atomic E-state index is 0. The van der Waals surface area contributed by atoms with Gasteiger partial charge in [-0.05, 0) is 48.8 Å². The van der Waals surface area contributed by atoms with E-state index in [2.05, 4.69) is 10.1 Å². The Morgan fingerprint density at radius 1 is 1.26 bits per heavy atom. The number of rotatable bonds is 5. The lowest BCUT2D eigenvalue weighted by atomic mass is 9.84. The van der Waals surface area contributed by atoms with Crippen molar-refractivity contribution in [3.8, 4) is 5.75 Å². The van der Waals surface area contributed by atoms with Crippen LogP contribution in [0.1, 0.15) is 24.8 Å². The van der Waals surface area contributed by atoms with E-state index in [0.717, 1.165) is 24.8 Å². The molecule has 1 aromatic carbocycles. The van der Waals surface area contributed by atoms with E-state index in [9.17, 15) is 13.6 Å². The van der Waals surface area contributed by atoms with Crippen LogP contribution in [-0.4, -0.2) is 18.6 Å². The highest BCUT2D eigenvalue weighted by Gasteiger charge is 2.48. The second-order valence-electron chi connectivity index (χ2n) is 6.18. The molecule has 0 saturated heterocycles. The third-order valence-electron chi connectivity index (χ3n) is 4.90. The molecule has 7 heteroatoms. The number of alkyl halides is 2. The third kappa shape index (κ3) is 3.93. The Kier molecular flexibility index (Phi) is 5.81. The van der Waals surface area contributed by atoms with Crippen LogP contribution in [0.25, 0.3) is 0 Å². The summed E-state index contributed by atoms with van der Waals surface area (Å²) < 4.78 is 28.4. The Morgan fingerprint density at radius 2 is 1.91 bits per heavy atom. The van der Waals surface area contributed by atoms with Crippen molar-refractivity contribution >= 4 is 18.3 Å². The molecular weight excluding hydrogens is 326 g/mol. The molecule has 4 atom stereocenters. The highest BCUT2D eigenvalue weighted by atomic mass is 35.5. The number of hydrogen-bond donors (Lipinski definition) is 2. The number of benzene rings is 1. The highest BCUT2D eigenvalue weighted by molar-refractivity contribution is 5.85. The smallest absolute Gasteiger partial charge is 0.387 e. The van der Waals surface area contributed by atoms with Crippen molar-refractivity contribution in [3.05, 3.63) is 29.8 Å². The average molecular weight is 347 g/mol. The summed E-state index contributed by atoms with van der Waals surface area (Å²) in [4.78, 5) is 12.3. The highest BCUT2D eigenvalue weighted by Crippen LogP contribution is 2.47. The van der Waals surface area contributed by atoms with E-state index in [1.54, 1.807) is 12.1 Å². The maximum Gasteiger partial charge on any atom is 0.387 e. The summed E-state index contributed by atoms with van der Waals surface area (Å²) >= 11 is 0. The first-order valence-electron chi connectivity index (χ1n) is 7.61. The normalized spacial score (nSPS) is 28.5. The van der Waals surface area contributed by atoms with Crippen molar-refractivity contribution in [3.63, 3.8) is 0 Å². The number of carbonyl (C=O) groups excluding carboxylic acids is 1. The molecule has 0 aromatic heterocycles. The van der Waals surface area contributed by atoms with Crippen molar-refractivity contribution in [1.29, 1.82) is 0 Å². The number of nitrogens with two attached hydrogens (primary N) is 1. The van der Waals surface area contributed by atoms with E-state index in [4.69, 9.17) is 5.73 Å². The van der Waals surface area contributed by atoms with Gasteiger partial charge in [0.05, 0.1) is 5.92 Å². The molecule has 0 radical (unpaired) electrons. The van der Waals surface area contributed by atoms with E-state index >= 15 is 0 Å². The molecule has 3 rings (SSSR count). The van der Waals surface area contributed by atoms with Crippen molar-refractivity contribution in [1.82, 2.24) is 5.32 Å². The molecule has 23 heavy (non-hydrogen) atoms. The first kappa shape index (κ1) is 17.9. The van der Waals surface area contributed by atoms with Crippen LogP contribution in [0, 0.1) is 17.8 Å². The Labute approximate surface area is 140 Å². The first-order valence-corrected chi connectivity index (χ1v) is 7.61. The van der Waals surface area contributed by atoms with E-state index in [1.807, 2.05) is 0 Å². The number of fused-ring (bicyclic) bond motifs is 2. The number of hydrogen-bond acceptors (Lipinski definition) is 3. The predicted molar refractivity (Wildman–Crippen MR) is 84.5 cm³/mol. The molecule has 4 nitrogen and oxygen atoms in total. The second-order valence-corrected chi connectivity index (χ2v) is 6.18. The van der Waals surface area contributed by atoms with Gasteiger partial charge in [0.1, 0.15) is 5.75 Å². The maximum absolute atomic E-state index is 12.3. The molecular formula is C16H21ClF2N2O2. The van der Waals surface area contributed by atoms with Crippen molar-refractivity contribution in [2.24, 2.45) is 23.5 Å². The summed E-state index contributed by atoms with van der Waals surface area (Å²) in [5, 5.41) is 2.91. The maximum atomic E-state index is 12.3. The lowest BCUT2D eigenvalue weighted by molar-refractivity contribution is -0.127. The second kappa shape index (κ2) is 7.45. The van der Waals surface area contributed by atoms with Crippen LogP contribution in [-0.2, 0) is 11.3 Å². The number of halogens is 3. The summed E-state index contributed by atoms with van der Waals surface area (Å²) in [6.07, 6.45) is 3.30. The van der Waals surface area contributed by atoms with Gasteiger partial charge in [-0.1, -0.05) is 12.1 Å². The average Bonchev–Trinajstić information content (AvgIpc) is 3.06. The van der Waals surface area contributed by atoms with Gasteiger partial charge in [-0.3, -0.25) is 4.79 Å². The van der Waals surface area contributed by atoms with Gasteiger partial charge in [-0.25, -0.2) is 0 Å². The molecule has 1 aromatic rings. The minimum atomic E-state index is -2.83. The molecule has 1 amide bonds. The van der Waals surface area contributed by atoms with Gasteiger partial charge in [0, 0.05) is 12.6 Å². The van der Waals surface area contributed by atoms with E-state index in [0.29, 0.717) is 18.4 Å². The van der Waals surface area contributed by atoms with Gasteiger partial charge >= 0.3 is 6.61 Å². The lowest BCUT2D eigenvalue weighted by Gasteiger charge is -2.27. The Balaban J connectivity index is 0.00000192. The quantitative estimate of drug-likeness (QED) is 0.861. The summed E-state index contributed by atoms with van der Waals surface area (Å²) in [6.45, 7) is -2.46. The zero-order valence-corrected chi connectivity index (χ0v) is 13.4. The van der Waals surface area contributed by atoms with Gasteiger partial charge in [0.15, 0.2) is 0 Å². The number of amides is 1. The molecule has 0 spiro atoms. The van der Waals surface area contributed by atoms with Gasteiger partial charge in [0.25, 0.3) is 0 Å². The fourth-order valence-electron chi connectivity index (χ4n) is 3.82. The fraction of sp³-hybridized carbons (Fsp3) is 0.562. The molecule has 3 N–H and O–H groups in total. The SMILES string of the molecule is Cl.NC1C2CCC(C2)C1C(=O)NCc1ccc(OC(F)F)cc1. The Bertz CT molecular complexity index is 539. The molecule has 2 aliphatic carbocycles. The van der Waals surface area contributed by atoms with Gasteiger partial charge in [-0.15, -0.1) is 12.4 Å². The number of carbonyl (C=O) groups is 1. The fourth-order valence-corrected chi connectivity index (χ4v) is 3.82. The third-order valence-corrected chi connectivity index (χ3v) is 4.90. The standard InChI is InChI=1S/C16H20F2N2O2.ClH/c17-16(18)22-12-5-1-9(2-6-12)8-20-15(21)13-10-3-4-11(7-10)14(13)19;/h1-2,5-6,10-11,13-14,16H,3-4,7-8,19H2,(H,20,21);1H. The lowest BCUT2D eigenvalue weighted by Crippen LogP contribution is -2.45. The zero-order valence-electron chi connectivity index (χ0n) is 12.6. The largest absolute Gasteiger partial charge is 0.435 e. The Hall–Kier alpha value is -1.40.